The molecule has 0 bridgehead atoms. The van der Waals surface area contributed by atoms with Crippen molar-refractivity contribution in [2.45, 2.75) is 32.8 Å². The molecule has 1 aromatic carbocycles. The molecule has 104 valence electrons. The van der Waals surface area contributed by atoms with E-state index in [2.05, 4.69) is 35.0 Å². The third-order valence-electron chi connectivity index (χ3n) is 3.88. The Hall–Kier alpha value is -1.87. The average Bonchev–Trinajstić information content (AvgIpc) is 2.46. The summed E-state index contributed by atoms with van der Waals surface area (Å²) in [7, 11) is 0. The van der Waals surface area contributed by atoms with Gasteiger partial charge in [-0.2, -0.15) is 0 Å². The predicted molar refractivity (Wildman–Crippen MR) is 81.4 cm³/mol. The predicted octanol–water partition coefficient (Wildman–Crippen LogP) is 3.53. The first kappa shape index (κ1) is 13.1. The van der Waals surface area contributed by atoms with Gasteiger partial charge in [-0.1, -0.05) is 23.8 Å². The number of hydrogen-bond donors (Lipinski definition) is 1. The van der Waals surface area contributed by atoms with Crippen LogP contribution in [0.25, 0.3) is 0 Å². The monoisotopic (exact) mass is 268 g/mol. The van der Waals surface area contributed by atoms with E-state index in [0.717, 1.165) is 30.8 Å². The summed E-state index contributed by atoms with van der Waals surface area (Å²) in [6.45, 7) is 4.87. The molecule has 1 N–H and O–H groups in total. The number of pyridine rings is 1. The minimum Gasteiger partial charge on any atom is -0.389 e. The summed E-state index contributed by atoms with van der Waals surface area (Å²) in [5.74, 6) is 0.882. The van der Waals surface area contributed by atoms with Crippen LogP contribution in [0.4, 0.5) is 11.5 Å². The van der Waals surface area contributed by atoms with Crippen molar-refractivity contribution in [3.05, 3.63) is 53.2 Å². The largest absolute Gasteiger partial charge is 0.389 e. The van der Waals surface area contributed by atoms with Gasteiger partial charge in [-0.15, -0.1) is 0 Å². The number of aliphatic hydroxyl groups excluding tert-OH is 1. The molecule has 1 aliphatic rings. The van der Waals surface area contributed by atoms with Gasteiger partial charge in [-0.25, -0.2) is 4.98 Å². The molecule has 0 spiro atoms. The first-order chi connectivity index (χ1) is 9.66. The van der Waals surface area contributed by atoms with E-state index in [-0.39, 0.29) is 0 Å². The molecule has 0 radical (unpaired) electrons. The second-order valence-corrected chi connectivity index (χ2v) is 5.48. The van der Waals surface area contributed by atoms with E-state index in [0.29, 0.717) is 0 Å². The van der Waals surface area contributed by atoms with Crippen LogP contribution >= 0.6 is 0 Å². The van der Waals surface area contributed by atoms with E-state index in [4.69, 9.17) is 0 Å². The minimum absolute atomic E-state index is 0.505. The number of aryl methyl sites for hydroxylation is 2. The molecule has 0 aliphatic carbocycles. The van der Waals surface area contributed by atoms with Crippen LogP contribution in [0.1, 0.15) is 36.1 Å². The van der Waals surface area contributed by atoms with Crippen molar-refractivity contribution >= 4 is 11.5 Å². The first-order valence-corrected chi connectivity index (χ1v) is 7.17. The quantitative estimate of drug-likeness (QED) is 0.905. The molecule has 2 heterocycles. The average molecular weight is 268 g/mol. The number of aromatic nitrogens is 1. The highest BCUT2D eigenvalue weighted by atomic mass is 16.3. The summed E-state index contributed by atoms with van der Waals surface area (Å²) in [5, 5.41) is 9.96. The fraction of sp³-hybridized carbons (Fsp3) is 0.353. The maximum absolute atomic E-state index is 9.96. The van der Waals surface area contributed by atoms with Crippen molar-refractivity contribution < 1.29 is 5.11 Å². The Balaban J connectivity index is 2.09. The van der Waals surface area contributed by atoms with Crippen LogP contribution in [-0.4, -0.2) is 16.6 Å². The summed E-state index contributed by atoms with van der Waals surface area (Å²) in [6, 6.07) is 10.4. The van der Waals surface area contributed by atoms with Gasteiger partial charge in [0.15, 0.2) is 0 Å². The molecule has 2 aromatic rings. The molecule has 3 nitrogen and oxygen atoms in total. The van der Waals surface area contributed by atoms with Gasteiger partial charge in [-0.05, 0) is 44.4 Å². The standard InChI is InChI=1S/C17H20N2O/c1-12-7-8-16-14(11-12)5-4-10-19(16)17-15(13(2)20)6-3-9-18-17/h3,6-9,11,13,20H,4-5,10H2,1-2H3/t13-/m0/s1. The van der Waals surface area contributed by atoms with Crippen molar-refractivity contribution in [3.8, 4) is 0 Å². The highest BCUT2D eigenvalue weighted by molar-refractivity contribution is 5.68. The molecule has 0 unspecified atom stereocenters. The number of hydrogen-bond acceptors (Lipinski definition) is 3. The molecule has 0 saturated carbocycles. The van der Waals surface area contributed by atoms with Crippen LogP contribution in [-0.2, 0) is 6.42 Å². The number of benzene rings is 1. The van der Waals surface area contributed by atoms with Gasteiger partial charge in [-0.3, -0.25) is 0 Å². The van der Waals surface area contributed by atoms with E-state index in [1.165, 1.54) is 16.8 Å². The fourth-order valence-electron chi connectivity index (χ4n) is 2.91. The molecule has 0 fully saturated rings. The van der Waals surface area contributed by atoms with Crippen LogP contribution in [0.2, 0.25) is 0 Å². The van der Waals surface area contributed by atoms with Gasteiger partial charge in [0.05, 0.1) is 6.10 Å². The summed E-state index contributed by atoms with van der Waals surface area (Å²) in [6.07, 6.45) is 3.52. The first-order valence-electron chi connectivity index (χ1n) is 7.17. The van der Waals surface area contributed by atoms with Crippen LogP contribution < -0.4 is 4.90 Å². The minimum atomic E-state index is -0.505. The lowest BCUT2D eigenvalue weighted by atomic mass is 9.99. The van der Waals surface area contributed by atoms with Crippen LogP contribution in [0.15, 0.2) is 36.5 Å². The lowest BCUT2D eigenvalue weighted by Gasteiger charge is -2.32. The maximum atomic E-state index is 9.96. The molecule has 1 aliphatic heterocycles. The van der Waals surface area contributed by atoms with E-state index >= 15 is 0 Å². The molecule has 20 heavy (non-hydrogen) atoms. The van der Waals surface area contributed by atoms with Gasteiger partial charge < -0.3 is 10.0 Å². The Kier molecular flexibility index (Phi) is 3.45. The van der Waals surface area contributed by atoms with Gasteiger partial charge in [0, 0.05) is 24.0 Å². The normalized spacial score (nSPS) is 15.8. The zero-order valence-electron chi connectivity index (χ0n) is 12.0. The number of nitrogens with zero attached hydrogens (tertiary/aromatic N) is 2. The Labute approximate surface area is 119 Å². The zero-order valence-corrected chi connectivity index (χ0v) is 12.0. The number of fused-ring (bicyclic) bond motifs is 1. The maximum Gasteiger partial charge on any atom is 0.138 e. The smallest absolute Gasteiger partial charge is 0.138 e. The molecule has 1 atom stereocenters. The summed E-state index contributed by atoms with van der Waals surface area (Å²) in [4.78, 5) is 6.75. The summed E-state index contributed by atoms with van der Waals surface area (Å²) < 4.78 is 0. The molecule has 0 saturated heterocycles. The van der Waals surface area contributed by atoms with E-state index in [1.54, 1.807) is 13.1 Å². The lowest BCUT2D eigenvalue weighted by Crippen LogP contribution is -2.26. The Morgan fingerprint density at radius 3 is 2.95 bits per heavy atom. The summed E-state index contributed by atoms with van der Waals surface area (Å²) >= 11 is 0. The Morgan fingerprint density at radius 1 is 1.30 bits per heavy atom. The highest BCUT2D eigenvalue weighted by Crippen LogP contribution is 2.36. The third kappa shape index (κ3) is 2.29. The molecule has 3 rings (SSSR count). The van der Waals surface area contributed by atoms with Gasteiger partial charge in [0.1, 0.15) is 5.82 Å². The van der Waals surface area contributed by atoms with Gasteiger partial charge in [0.2, 0.25) is 0 Å². The fourth-order valence-corrected chi connectivity index (χ4v) is 2.91. The van der Waals surface area contributed by atoms with Gasteiger partial charge >= 0.3 is 0 Å². The number of rotatable bonds is 2. The van der Waals surface area contributed by atoms with E-state index < -0.39 is 6.10 Å². The van der Waals surface area contributed by atoms with Crippen molar-refractivity contribution in [2.75, 3.05) is 11.4 Å². The molecule has 1 aromatic heterocycles. The third-order valence-corrected chi connectivity index (χ3v) is 3.88. The van der Waals surface area contributed by atoms with Crippen LogP contribution in [0, 0.1) is 6.92 Å². The Bertz CT molecular complexity index is 622. The van der Waals surface area contributed by atoms with Crippen molar-refractivity contribution in [1.29, 1.82) is 0 Å². The van der Waals surface area contributed by atoms with Crippen molar-refractivity contribution in [2.24, 2.45) is 0 Å². The van der Waals surface area contributed by atoms with Crippen molar-refractivity contribution in [1.82, 2.24) is 4.98 Å². The molecule has 3 heteroatoms. The number of anilines is 2. The van der Waals surface area contributed by atoms with Crippen molar-refractivity contribution in [3.63, 3.8) is 0 Å². The van der Waals surface area contributed by atoms with Crippen LogP contribution in [0.5, 0.6) is 0 Å². The Morgan fingerprint density at radius 2 is 2.15 bits per heavy atom. The zero-order chi connectivity index (χ0) is 14.1. The summed E-state index contributed by atoms with van der Waals surface area (Å²) in [5.41, 5.74) is 4.78. The second-order valence-electron chi connectivity index (χ2n) is 5.48. The molecular weight excluding hydrogens is 248 g/mol. The van der Waals surface area contributed by atoms with E-state index in [1.807, 2.05) is 12.1 Å². The number of aliphatic hydroxyl groups is 1. The van der Waals surface area contributed by atoms with Crippen LogP contribution in [0.3, 0.4) is 0 Å². The lowest BCUT2D eigenvalue weighted by molar-refractivity contribution is 0.199. The van der Waals surface area contributed by atoms with Gasteiger partial charge in [0.25, 0.3) is 0 Å². The SMILES string of the molecule is Cc1ccc2c(c1)CCCN2c1ncccc1[C@H](C)O. The topological polar surface area (TPSA) is 36.4 Å². The molecule has 0 amide bonds. The molecular formula is C17H20N2O. The van der Waals surface area contributed by atoms with E-state index in [9.17, 15) is 5.11 Å². The second kappa shape index (κ2) is 5.25. The highest BCUT2D eigenvalue weighted by Gasteiger charge is 2.22.